The Morgan fingerprint density at radius 2 is 1.53 bits per heavy atom. The largest absolute Gasteiger partial charge is 0.493 e. The number of carbonyl (C=O) groups is 1. The van der Waals surface area contributed by atoms with Gasteiger partial charge in [-0.2, -0.15) is 0 Å². The average molecular weight is 466 g/mol. The molecular weight excluding hydrogens is 438 g/mol. The van der Waals surface area contributed by atoms with Gasteiger partial charge in [-0.25, -0.2) is 14.8 Å². The third kappa shape index (κ3) is 5.29. The van der Waals surface area contributed by atoms with Crippen molar-refractivity contribution in [1.82, 2.24) is 9.97 Å². The van der Waals surface area contributed by atoms with E-state index in [0.717, 1.165) is 24.5 Å². The second-order valence-corrected chi connectivity index (χ2v) is 7.41. The Bertz CT molecular complexity index is 1130. The van der Waals surface area contributed by atoms with Gasteiger partial charge in [0.15, 0.2) is 28.9 Å². The zero-order valence-electron chi connectivity index (χ0n) is 19.3. The first-order chi connectivity index (χ1) is 16.6. The lowest BCUT2D eigenvalue weighted by molar-refractivity contribution is 0.122. The molecule has 1 aromatic heterocycles. The molecule has 0 saturated carbocycles. The van der Waals surface area contributed by atoms with E-state index in [4.69, 9.17) is 23.9 Å². The molecule has 2 N–H and O–H groups in total. The second kappa shape index (κ2) is 10.7. The van der Waals surface area contributed by atoms with Gasteiger partial charge >= 0.3 is 6.03 Å². The maximum absolute atomic E-state index is 12.4. The van der Waals surface area contributed by atoms with Crippen LogP contribution in [0.25, 0.3) is 11.4 Å². The Morgan fingerprint density at radius 3 is 2.21 bits per heavy atom. The van der Waals surface area contributed by atoms with Crippen molar-refractivity contribution in [3.05, 3.63) is 48.7 Å². The van der Waals surface area contributed by atoms with Crippen molar-refractivity contribution in [3.8, 4) is 28.6 Å². The molecule has 10 heteroatoms. The lowest BCUT2D eigenvalue weighted by Crippen LogP contribution is -2.37. The maximum Gasteiger partial charge on any atom is 0.323 e. The van der Waals surface area contributed by atoms with E-state index in [0.29, 0.717) is 47.7 Å². The van der Waals surface area contributed by atoms with Gasteiger partial charge in [0.05, 0.1) is 40.7 Å². The van der Waals surface area contributed by atoms with Crippen LogP contribution in [0.3, 0.4) is 0 Å². The molecule has 1 aliphatic heterocycles. The summed E-state index contributed by atoms with van der Waals surface area (Å²) in [6, 6.07) is 12.1. The molecule has 34 heavy (non-hydrogen) atoms. The lowest BCUT2D eigenvalue weighted by Gasteiger charge is -2.28. The van der Waals surface area contributed by atoms with Crippen LogP contribution in [-0.4, -0.2) is 63.6 Å². The Balaban J connectivity index is 1.44. The molecule has 3 aromatic rings. The normalized spacial score (nSPS) is 13.2. The van der Waals surface area contributed by atoms with Crippen molar-refractivity contribution < 1.29 is 23.7 Å². The highest BCUT2D eigenvalue weighted by Crippen LogP contribution is 2.30. The van der Waals surface area contributed by atoms with Gasteiger partial charge in [-0.05, 0) is 36.4 Å². The van der Waals surface area contributed by atoms with Crippen molar-refractivity contribution in [2.24, 2.45) is 0 Å². The second-order valence-electron chi connectivity index (χ2n) is 7.41. The van der Waals surface area contributed by atoms with Crippen molar-refractivity contribution >= 4 is 23.2 Å². The minimum Gasteiger partial charge on any atom is -0.493 e. The van der Waals surface area contributed by atoms with Gasteiger partial charge in [0.1, 0.15) is 0 Å². The van der Waals surface area contributed by atoms with E-state index >= 15 is 0 Å². The van der Waals surface area contributed by atoms with Crippen LogP contribution >= 0.6 is 0 Å². The third-order valence-electron chi connectivity index (χ3n) is 5.31. The fourth-order valence-corrected chi connectivity index (χ4v) is 3.56. The Morgan fingerprint density at radius 1 is 0.882 bits per heavy atom. The van der Waals surface area contributed by atoms with Gasteiger partial charge in [0.2, 0.25) is 0 Å². The average Bonchev–Trinajstić information content (AvgIpc) is 2.89. The van der Waals surface area contributed by atoms with Crippen LogP contribution in [0.4, 0.5) is 22.0 Å². The molecule has 0 unspecified atom stereocenters. The van der Waals surface area contributed by atoms with Crippen LogP contribution < -0.4 is 29.7 Å². The predicted molar refractivity (Wildman–Crippen MR) is 129 cm³/mol. The molecule has 2 amide bonds. The minimum absolute atomic E-state index is 0.379. The van der Waals surface area contributed by atoms with Crippen LogP contribution in [0.1, 0.15) is 0 Å². The van der Waals surface area contributed by atoms with E-state index in [9.17, 15) is 4.79 Å². The first-order valence-corrected chi connectivity index (χ1v) is 10.8. The fourth-order valence-electron chi connectivity index (χ4n) is 3.56. The summed E-state index contributed by atoms with van der Waals surface area (Å²) in [6.07, 6.45) is 1.68. The van der Waals surface area contributed by atoms with Crippen LogP contribution in [0.5, 0.6) is 17.2 Å². The molecule has 2 aromatic carbocycles. The van der Waals surface area contributed by atoms with Gasteiger partial charge in [-0.3, -0.25) is 0 Å². The Kier molecular flexibility index (Phi) is 7.28. The lowest BCUT2D eigenvalue weighted by atomic mass is 10.2. The zero-order chi connectivity index (χ0) is 23.9. The molecule has 0 atom stereocenters. The topological polar surface area (TPSA) is 107 Å². The molecule has 178 valence electrons. The summed E-state index contributed by atoms with van der Waals surface area (Å²) in [4.78, 5) is 23.7. The number of amides is 2. The SMILES string of the molecule is COc1ccc(NC(=O)Nc2ccc(-c3ncc(OC)c(N4CCOCC4)n3)cc2)cc1OC. The Hall–Kier alpha value is -4.05. The summed E-state index contributed by atoms with van der Waals surface area (Å²) in [5.41, 5.74) is 2.03. The van der Waals surface area contributed by atoms with Crippen LogP contribution in [0.15, 0.2) is 48.7 Å². The quantitative estimate of drug-likeness (QED) is 0.545. The number of morpholine rings is 1. The number of methoxy groups -OCH3 is 3. The van der Waals surface area contributed by atoms with Crippen molar-refractivity contribution in [2.75, 3.05) is 63.2 Å². The monoisotopic (exact) mass is 465 g/mol. The fraction of sp³-hybridized carbons (Fsp3) is 0.292. The molecule has 1 saturated heterocycles. The number of nitrogens with zero attached hydrogens (tertiary/aromatic N) is 3. The number of nitrogens with one attached hydrogen (secondary N) is 2. The highest BCUT2D eigenvalue weighted by atomic mass is 16.5. The number of carbonyl (C=O) groups excluding carboxylic acids is 1. The van der Waals surface area contributed by atoms with E-state index in [1.165, 1.54) is 0 Å². The molecule has 0 bridgehead atoms. The van der Waals surface area contributed by atoms with Gasteiger partial charge in [-0.15, -0.1) is 0 Å². The van der Waals surface area contributed by atoms with Gasteiger partial charge in [0, 0.05) is 36.1 Å². The Labute approximate surface area is 197 Å². The number of urea groups is 1. The molecule has 1 aliphatic rings. The van der Waals surface area contributed by atoms with E-state index in [2.05, 4.69) is 20.5 Å². The summed E-state index contributed by atoms with van der Waals surface area (Å²) in [5.74, 6) is 3.05. The van der Waals surface area contributed by atoms with Crippen molar-refractivity contribution in [3.63, 3.8) is 0 Å². The highest BCUT2D eigenvalue weighted by Gasteiger charge is 2.19. The third-order valence-corrected chi connectivity index (χ3v) is 5.31. The van der Waals surface area contributed by atoms with E-state index in [1.807, 2.05) is 12.1 Å². The number of ether oxygens (including phenoxy) is 4. The number of aromatic nitrogens is 2. The van der Waals surface area contributed by atoms with Crippen LogP contribution in [0, 0.1) is 0 Å². The smallest absolute Gasteiger partial charge is 0.323 e. The molecule has 0 spiro atoms. The molecule has 0 aliphatic carbocycles. The summed E-state index contributed by atoms with van der Waals surface area (Å²) >= 11 is 0. The standard InChI is InChI=1S/C24H27N5O5/c1-31-19-9-8-18(14-20(19)32-2)27-24(30)26-17-6-4-16(5-7-17)22-25-15-21(33-3)23(28-22)29-10-12-34-13-11-29/h4-9,14-15H,10-13H2,1-3H3,(H2,26,27,30). The van der Waals surface area contributed by atoms with E-state index in [-0.39, 0.29) is 6.03 Å². The predicted octanol–water partition coefficient (Wildman–Crippen LogP) is 3.65. The van der Waals surface area contributed by atoms with Gasteiger partial charge < -0.3 is 34.5 Å². The molecule has 10 nitrogen and oxygen atoms in total. The molecule has 2 heterocycles. The molecule has 0 radical (unpaired) electrons. The summed E-state index contributed by atoms with van der Waals surface area (Å²) in [6.45, 7) is 2.78. The number of hydrogen-bond acceptors (Lipinski definition) is 8. The summed E-state index contributed by atoms with van der Waals surface area (Å²) < 4.78 is 21.4. The van der Waals surface area contributed by atoms with Gasteiger partial charge in [-0.1, -0.05) is 0 Å². The molecule has 1 fully saturated rings. The van der Waals surface area contributed by atoms with Crippen LogP contribution in [0.2, 0.25) is 0 Å². The first kappa shape index (κ1) is 23.1. The molecule has 4 rings (SSSR count). The van der Waals surface area contributed by atoms with E-state index in [1.54, 1.807) is 57.9 Å². The van der Waals surface area contributed by atoms with Crippen LogP contribution in [-0.2, 0) is 4.74 Å². The number of hydrogen-bond donors (Lipinski definition) is 2. The van der Waals surface area contributed by atoms with Gasteiger partial charge in [0.25, 0.3) is 0 Å². The molecular formula is C24H27N5O5. The maximum atomic E-state index is 12.4. The zero-order valence-corrected chi connectivity index (χ0v) is 19.3. The minimum atomic E-state index is -0.379. The summed E-state index contributed by atoms with van der Waals surface area (Å²) in [7, 11) is 4.71. The van der Waals surface area contributed by atoms with Crippen molar-refractivity contribution in [2.45, 2.75) is 0 Å². The van der Waals surface area contributed by atoms with E-state index < -0.39 is 0 Å². The van der Waals surface area contributed by atoms with Crippen molar-refractivity contribution in [1.29, 1.82) is 0 Å². The highest BCUT2D eigenvalue weighted by molar-refractivity contribution is 6.00. The number of anilines is 3. The first-order valence-electron chi connectivity index (χ1n) is 10.8. The number of rotatable bonds is 7. The summed E-state index contributed by atoms with van der Waals surface area (Å²) in [5, 5.41) is 5.59. The number of benzene rings is 2.